The normalized spacial score (nSPS) is 12.2. The fourth-order valence-electron chi connectivity index (χ4n) is 2.57. The number of thiazole rings is 1. The zero-order valence-corrected chi connectivity index (χ0v) is 12.8. The first-order valence-electron chi connectivity index (χ1n) is 6.30. The van der Waals surface area contributed by atoms with Crippen molar-refractivity contribution in [2.75, 3.05) is 0 Å². The van der Waals surface area contributed by atoms with Gasteiger partial charge in [-0.25, -0.2) is 4.98 Å². The van der Waals surface area contributed by atoms with E-state index in [1.54, 1.807) is 17.4 Å². The molecule has 1 heterocycles. The first kappa shape index (κ1) is 12.1. The molecule has 0 atom stereocenters. The van der Waals surface area contributed by atoms with Crippen molar-refractivity contribution in [3.8, 4) is 27.6 Å². The topological polar surface area (TPSA) is 33.1 Å². The summed E-state index contributed by atoms with van der Waals surface area (Å²) < 4.78 is 1.14. The summed E-state index contributed by atoms with van der Waals surface area (Å²) in [7, 11) is 0. The Morgan fingerprint density at radius 3 is 2.70 bits per heavy atom. The maximum Gasteiger partial charge on any atom is 0.128 e. The monoisotopic (exact) mass is 343 g/mol. The predicted octanol–water partition coefficient (Wildman–Crippen LogP) is 4.85. The van der Waals surface area contributed by atoms with Crippen LogP contribution in [0.25, 0.3) is 21.8 Å². The number of phenolic OH excluding ortho intramolecular Hbond substituents is 1. The van der Waals surface area contributed by atoms with Crippen LogP contribution in [0.4, 0.5) is 0 Å². The highest BCUT2D eigenvalue weighted by Gasteiger charge is 2.25. The van der Waals surface area contributed by atoms with Gasteiger partial charge in [-0.05, 0) is 23.8 Å². The summed E-state index contributed by atoms with van der Waals surface area (Å²) in [5, 5.41) is 10.8. The number of para-hydroxylation sites is 1. The minimum absolute atomic E-state index is 0.286. The van der Waals surface area contributed by atoms with Gasteiger partial charge in [0.15, 0.2) is 0 Å². The molecule has 1 aliphatic rings. The number of benzene rings is 2. The van der Waals surface area contributed by atoms with Gasteiger partial charge in [-0.1, -0.05) is 40.2 Å². The molecule has 3 aromatic rings. The van der Waals surface area contributed by atoms with E-state index in [9.17, 15) is 5.11 Å². The molecule has 2 nitrogen and oxygen atoms in total. The van der Waals surface area contributed by atoms with Crippen LogP contribution in [-0.4, -0.2) is 10.1 Å². The fraction of sp³-hybridized carbons (Fsp3) is 0.0625. The molecule has 0 radical (unpaired) electrons. The second-order valence-corrected chi connectivity index (χ2v) is 6.69. The van der Waals surface area contributed by atoms with Gasteiger partial charge in [0.25, 0.3) is 0 Å². The Labute approximate surface area is 128 Å². The van der Waals surface area contributed by atoms with E-state index in [0.29, 0.717) is 0 Å². The third-order valence-electron chi connectivity index (χ3n) is 3.54. The van der Waals surface area contributed by atoms with Crippen LogP contribution in [-0.2, 0) is 6.42 Å². The van der Waals surface area contributed by atoms with Crippen LogP contribution >= 0.6 is 27.3 Å². The third kappa shape index (κ3) is 1.72. The van der Waals surface area contributed by atoms with E-state index >= 15 is 0 Å². The fourth-order valence-corrected chi connectivity index (χ4v) is 4.20. The lowest BCUT2D eigenvalue weighted by atomic mass is 10.1. The number of fused-ring (bicyclic) bond motifs is 3. The largest absolute Gasteiger partial charge is 0.507 e. The number of halogens is 1. The van der Waals surface area contributed by atoms with Gasteiger partial charge in [-0.2, -0.15) is 0 Å². The molecule has 4 heteroatoms. The van der Waals surface area contributed by atoms with Crippen molar-refractivity contribution in [2.45, 2.75) is 6.42 Å². The first-order chi connectivity index (χ1) is 9.74. The molecule has 1 N–H and O–H groups in total. The van der Waals surface area contributed by atoms with Gasteiger partial charge in [0.2, 0.25) is 0 Å². The SMILES string of the molecule is Oc1ccccc1-c1nc2c(s1)Cc1c(Br)cccc1-2. The molecule has 2 aromatic carbocycles. The number of aromatic hydroxyl groups is 1. The maximum absolute atomic E-state index is 9.95. The van der Waals surface area contributed by atoms with Crippen molar-refractivity contribution < 1.29 is 5.11 Å². The van der Waals surface area contributed by atoms with Crippen LogP contribution in [0, 0.1) is 0 Å². The van der Waals surface area contributed by atoms with E-state index < -0.39 is 0 Å². The predicted molar refractivity (Wildman–Crippen MR) is 85.2 cm³/mol. The third-order valence-corrected chi connectivity index (χ3v) is 5.37. The summed E-state index contributed by atoms with van der Waals surface area (Å²) in [4.78, 5) is 6.01. The van der Waals surface area contributed by atoms with Crippen LogP contribution < -0.4 is 0 Å². The summed E-state index contributed by atoms with van der Waals surface area (Å²) >= 11 is 5.27. The summed E-state index contributed by atoms with van der Waals surface area (Å²) in [6.45, 7) is 0. The maximum atomic E-state index is 9.95. The van der Waals surface area contributed by atoms with E-state index in [4.69, 9.17) is 4.98 Å². The zero-order chi connectivity index (χ0) is 13.7. The second-order valence-electron chi connectivity index (χ2n) is 4.75. The standard InChI is InChI=1S/C16H10BrNOS/c17-12-6-3-5-9-11(12)8-14-15(9)18-16(20-14)10-4-1-2-7-13(10)19/h1-7,19H,8H2. The average molecular weight is 344 g/mol. The molecule has 4 rings (SSSR count). The Morgan fingerprint density at radius 1 is 1.05 bits per heavy atom. The molecule has 0 amide bonds. The Balaban J connectivity index is 1.88. The summed E-state index contributed by atoms with van der Waals surface area (Å²) in [6.07, 6.45) is 0.914. The van der Waals surface area contributed by atoms with Crippen LogP contribution in [0.2, 0.25) is 0 Å². The molecule has 0 spiro atoms. The molecule has 0 bridgehead atoms. The molecule has 20 heavy (non-hydrogen) atoms. The van der Waals surface area contributed by atoms with Gasteiger partial charge in [0.1, 0.15) is 10.8 Å². The minimum atomic E-state index is 0.286. The molecule has 1 aromatic heterocycles. The van der Waals surface area contributed by atoms with E-state index in [1.165, 1.54) is 16.0 Å². The molecule has 0 saturated carbocycles. The van der Waals surface area contributed by atoms with E-state index in [0.717, 1.165) is 27.2 Å². The van der Waals surface area contributed by atoms with Crippen molar-refractivity contribution in [2.24, 2.45) is 0 Å². The molecule has 0 fully saturated rings. The smallest absolute Gasteiger partial charge is 0.128 e. The van der Waals surface area contributed by atoms with Crippen molar-refractivity contribution in [3.63, 3.8) is 0 Å². The van der Waals surface area contributed by atoms with E-state index in [2.05, 4.69) is 28.1 Å². The van der Waals surface area contributed by atoms with Crippen LogP contribution in [0.3, 0.4) is 0 Å². The van der Waals surface area contributed by atoms with Gasteiger partial charge < -0.3 is 5.11 Å². The van der Waals surface area contributed by atoms with Crippen molar-refractivity contribution in [3.05, 3.63) is 57.4 Å². The number of rotatable bonds is 1. The van der Waals surface area contributed by atoms with Crippen molar-refractivity contribution in [1.29, 1.82) is 0 Å². The highest BCUT2D eigenvalue weighted by molar-refractivity contribution is 9.10. The Kier molecular flexibility index (Phi) is 2.69. The first-order valence-corrected chi connectivity index (χ1v) is 7.91. The quantitative estimate of drug-likeness (QED) is 0.535. The van der Waals surface area contributed by atoms with Crippen molar-refractivity contribution >= 4 is 27.3 Å². The van der Waals surface area contributed by atoms with Gasteiger partial charge in [0, 0.05) is 21.3 Å². The minimum Gasteiger partial charge on any atom is -0.507 e. The zero-order valence-electron chi connectivity index (χ0n) is 10.4. The molecule has 1 aliphatic carbocycles. The Hall–Kier alpha value is -1.65. The van der Waals surface area contributed by atoms with Gasteiger partial charge in [-0.15, -0.1) is 11.3 Å². The van der Waals surface area contributed by atoms with Crippen LogP contribution in [0.15, 0.2) is 46.9 Å². The second kappa shape index (κ2) is 4.43. The number of aromatic nitrogens is 1. The van der Waals surface area contributed by atoms with E-state index in [-0.39, 0.29) is 5.75 Å². The van der Waals surface area contributed by atoms with Crippen molar-refractivity contribution in [1.82, 2.24) is 4.98 Å². The molecule has 0 aliphatic heterocycles. The molecule has 98 valence electrons. The number of nitrogens with zero attached hydrogens (tertiary/aromatic N) is 1. The highest BCUT2D eigenvalue weighted by Crippen LogP contribution is 2.45. The molecule has 0 saturated heterocycles. The summed E-state index contributed by atoms with van der Waals surface area (Å²) in [5.74, 6) is 0.286. The number of hydrogen-bond donors (Lipinski definition) is 1. The number of phenols is 1. The summed E-state index contributed by atoms with van der Waals surface area (Å²) in [5.41, 5.74) is 4.38. The Morgan fingerprint density at radius 2 is 1.85 bits per heavy atom. The molecular weight excluding hydrogens is 334 g/mol. The van der Waals surface area contributed by atoms with Crippen LogP contribution in [0.5, 0.6) is 5.75 Å². The van der Waals surface area contributed by atoms with Gasteiger partial charge >= 0.3 is 0 Å². The summed E-state index contributed by atoms with van der Waals surface area (Å²) in [6, 6.07) is 13.6. The molecule has 0 unspecified atom stereocenters. The Bertz CT molecular complexity index is 825. The molecular formula is C16H10BrNOS. The number of hydrogen-bond acceptors (Lipinski definition) is 3. The van der Waals surface area contributed by atoms with Crippen LogP contribution in [0.1, 0.15) is 10.4 Å². The lowest BCUT2D eigenvalue weighted by molar-refractivity contribution is 0.477. The lowest BCUT2D eigenvalue weighted by Crippen LogP contribution is -1.83. The highest BCUT2D eigenvalue weighted by atomic mass is 79.9. The van der Waals surface area contributed by atoms with Gasteiger partial charge in [0.05, 0.1) is 11.3 Å². The van der Waals surface area contributed by atoms with E-state index in [1.807, 2.05) is 24.3 Å². The van der Waals surface area contributed by atoms with Gasteiger partial charge in [-0.3, -0.25) is 0 Å². The lowest BCUT2D eigenvalue weighted by Gasteiger charge is -2.03. The average Bonchev–Trinajstić information content (AvgIpc) is 2.98.